The molecular formula is C8H8N2. The van der Waals surface area contributed by atoms with Crippen LogP contribution in [0.5, 0.6) is 0 Å². The van der Waals surface area contributed by atoms with Crippen LogP contribution in [0, 0.1) is 6.92 Å². The molecule has 0 saturated heterocycles. The van der Waals surface area contributed by atoms with Crippen LogP contribution in [0.4, 0.5) is 0 Å². The molecular weight excluding hydrogens is 124 g/mol. The molecule has 2 nitrogen and oxygen atoms in total. The van der Waals surface area contributed by atoms with Crippen molar-refractivity contribution in [1.29, 1.82) is 0 Å². The Morgan fingerprint density at radius 3 is 3.20 bits per heavy atom. The monoisotopic (exact) mass is 132 g/mol. The number of aryl methyl sites for hydroxylation is 1. The number of fused-ring (bicyclic) bond motifs is 1. The Morgan fingerprint density at radius 1 is 1.50 bits per heavy atom. The van der Waals surface area contributed by atoms with Gasteiger partial charge in [0.15, 0.2) is 0 Å². The van der Waals surface area contributed by atoms with E-state index in [1.165, 1.54) is 11.1 Å². The van der Waals surface area contributed by atoms with E-state index in [-0.39, 0.29) is 0 Å². The molecule has 0 unspecified atom stereocenters. The second kappa shape index (κ2) is 1.84. The standard InChI is InChI=1S/C8H8N2/c1-7-5-9-6-10-4-2-3-8(7)10/h2-6H,1H3. The lowest BCUT2D eigenvalue weighted by Crippen LogP contribution is -1.85. The predicted octanol–water partition coefficient (Wildman–Crippen LogP) is 1.64. The lowest BCUT2D eigenvalue weighted by atomic mass is 10.3. The van der Waals surface area contributed by atoms with Crippen LogP contribution < -0.4 is 0 Å². The third-order valence-electron chi connectivity index (χ3n) is 1.64. The quantitative estimate of drug-likeness (QED) is 0.532. The highest BCUT2D eigenvalue weighted by Gasteiger charge is 1.92. The molecule has 0 N–H and O–H groups in total. The third-order valence-corrected chi connectivity index (χ3v) is 1.64. The first kappa shape index (κ1) is 5.47. The molecule has 10 heavy (non-hydrogen) atoms. The Bertz CT molecular complexity index is 349. The number of nitrogens with zero attached hydrogens (tertiary/aromatic N) is 2. The summed E-state index contributed by atoms with van der Waals surface area (Å²) in [6.07, 6.45) is 5.67. The Hall–Kier alpha value is -1.31. The first-order chi connectivity index (χ1) is 4.88. The summed E-state index contributed by atoms with van der Waals surface area (Å²) in [5.41, 5.74) is 2.45. The zero-order valence-corrected chi connectivity index (χ0v) is 5.78. The second-order valence-electron chi connectivity index (χ2n) is 2.38. The van der Waals surface area contributed by atoms with Gasteiger partial charge in [0, 0.05) is 12.4 Å². The molecule has 0 atom stereocenters. The van der Waals surface area contributed by atoms with Gasteiger partial charge < -0.3 is 4.40 Å². The average Bonchev–Trinajstić information content (AvgIpc) is 2.36. The van der Waals surface area contributed by atoms with Crippen molar-refractivity contribution in [3.63, 3.8) is 0 Å². The SMILES string of the molecule is Cc1cncn2cccc12. The molecule has 0 radical (unpaired) electrons. The van der Waals surface area contributed by atoms with Gasteiger partial charge >= 0.3 is 0 Å². The van der Waals surface area contributed by atoms with Crippen molar-refractivity contribution >= 4 is 5.52 Å². The number of hydrogen-bond donors (Lipinski definition) is 0. The highest BCUT2D eigenvalue weighted by atomic mass is 14.9. The Labute approximate surface area is 59.1 Å². The lowest BCUT2D eigenvalue weighted by molar-refractivity contribution is 1.07. The number of aromatic nitrogens is 2. The van der Waals surface area contributed by atoms with Crippen molar-refractivity contribution < 1.29 is 0 Å². The summed E-state index contributed by atoms with van der Waals surface area (Å²) < 4.78 is 2.01. The van der Waals surface area contributed by atoms with E-state index in [0.717, 1.165) is 0 Å². The maximum absolute atomic E-state index is 4.05. The maximum atomic E-state index is 4.05. The van der Waals surface area contributed by atoms with E-state index < -0.39 is 0 Å². The summed E-state index contributed by atoms with van der Waals surface area (Å²) in [7, 11) is 0. The van der Waals surface area contributed by atoms with Gasteiger partial charge in [0.1, 0.15) is 0 Å². The Kier molecular flexibility index (Phi) is 1.01. The molecule has 2 rings (SSSR count). The third kappa shape index (κ3) is 0.620. The molecule has 50 valence electrons. The summed E-state index contributed by atoms with van der Waals surface area (Å²) in [4.78, 5) is 4.05. The van der Waals surface area contributed by atoms with Crippen LogP contribution >= 0.6 is 0 Å². The van der Waals surface area contributed by atoms with Gasteiger partial charge in [-0.05, 0) is 24.6 Å². The molecule has 0 aliphatic carbocycles. The van der Waals surface area contributed by atoms with Gasteiger partial charge in [-0.15, -0.1) is 0 Å². The van der Waals surface area contributed by atoms with Crippen molar-refractivity contribution in [1.82, 2.24) is 9.38 Å². The van der Waals surface area contributed by atoms with Crippen molar-refractivity contribution in [3.8, 4) is 0 Å². The highest BCUT2D eigenvalue weighted by molar-refractivity contribution is 5.52. The van der Waals surface area contributed by atoms with Gasteiger partial charge in [-0.2, -0.15) is 0 Å². The van der Waals surface area contributed by atoms with Crippen molar-refractivity contribution in [2.45, 2.75) is 6.92 Å². The van der Waals surface area contributed by atoms with Crippen molar-refractivity contribution in [3.05, 3.63) is 36.4 Å². The molecule has 0 fully saturated rings. The zero-order chi connectivity index (χ0) is 6.97. The smallest absolute Gasteiger partial charge is 0.0990 e. The van der Waals surface area contributed by atoms with Crippen LogP contribution in [0.3, 0.4) is 0 Å². The first-order valence-electron chi connectivity index (χ1n) is 3.25. The molecule has 0 spiro atoms. The van der Waals surface area contributed by atoms with Crippen molar-refractivity contribution in [2.75, 3.05) is 0 Å². The van der Waals surface area contributed by atoms with E-state index in [2.05, 4.69) is 18.0 Å². The average molecular weight is 132 g/mol. The van der Waals surface area contributed by atoms with Crippen LogP contribution in [-0.2, 0) is 0 Å². The minimum absolute atomic E-state index is 1.22. The molecule has 0 aliphatic heterocycles. The summed E-state index contributed by atoms with van der Waals surface area (Å²) in [6, 6.07) is 4.10. The van der Waals surface area contributed by atoms with Crippen molar-refractivity contribution in [2.24, 2.45) is 0 Å². The fraction of sp³-hybridized carbons (Fsp3) is 0.125. The maximum Gasteiger partial charge on any atom is 0.0990 e. The molecule has 2 heterocycles. The molecule has 0 aromatic carbocycles. The Balaban J connectivity index is 2.95. The fourth-order valence-corrected chi connectivity index (χ4v) is 1.11. The van der Waals surface area contributed by atoms with E-state index in [4.69, 9.17) is 0 Å². The predicted molar refractivity (Wildman–Crippen MR) is 39.9 cm³/mol. The minimum Gasteiger partial charge on any atom is -0.308 e. The highest BCUT2D eigenvalue weighted by Crippen LogP contribution is 2.06. The summed E-state index contributed by atoms with van der Waals surface area (Å²) in [5, 5.41) is 0. The summed E-state index contributed by atoms with van der Waals surface area (Å²) in [5.74, 6) is 0. The van der Waals surface area contributed by atoms with E-state index >= 15 is 0 Å². The van der Waals surface area contributed by atoms with Crippen LogP contribution in [0.15, 0.2) is 30.9 Å². The zero-order valence-electron chi connectivity index (χ0n) is 5.78. The normalized spacial score (nSPS) is 10.5. The van der Waals surface area contributed by atoms with E-state index in [1.807, 2.05) is 29.2 Å². The molecule has 2 heteroatoms. The van der Waals surface area contributed by atoms with Gasteiger partial charge in [-0.3, -0.25) is 0 Å². The molecule has 0 aliphatic rings. The lowest BCUT2D eigenvalue weighted by Gasteiger charge is -1.94. The fourth-order valence-electron chi connectivity index (χ4n) is 1.11. The molecule has 2 aromatic heterocycles. The van der Waals surface area contributed by atoms with Gasteiger partial charge in [-0.25, -0.2) is 4.98 Å². The van der Waals surface area contributed by atoms with Crippen LogP contribution in [0.2, 0.25) is 0 Å². The first-order valence-corrected chi connectivity index (χ1v) is 3.25. The summed E-state index contributed by atoms with van der Waals surface area (Å²) >= 11 is 0. The molecule has 0 amide bonds. The van der Waals surface area contributed by atoms with E-state index in [0.29, 0.717) is 0 Å². The van der Waals surface area contributed by atoms with Crippen LogP contribution in [0.25, 0.3) is 5.52 Å². The largest absolute Gasteiger partial charge is 0.308 e. The summed E-state index contributed by atoms with van der Waals surface area (Å²) in [6.45, 7) is 2.06. The van der Waals surface area contributed by atoms with E-state index in [1.54, 1.807) is 0 Å². The molecule has 0 bridgehead atoms. The topological polar surface area (TPSA) is 17.3 Å². The van der Waals surface area contributed by atoms with Gasteiger partial charge in [0.2, 0.25) is 0 Å². The number of hydrogen-bond acceptors (Lipinski definition) is 1. The van der Waals surface area contributed by atoms with Crippen LogP contribution in [0.1, 0.15) is 5.56 Å². The second-order valence-corrected chi connectivity index (χ2v) is 2.38. The van der Waals surface area contributed by atoms with Gasteiger partial charge in [-0.1, -0.05) is 0 Å². The molecule has 2 aromatic rings. The Morgan fingerprint density at radius 2 is 2.40 bits per heavy atom. The minimum atomic E-state index is 1.22. The van der Waals surface area contributed by atoms with Crippen LogP contribution in [-0.4, -0.2) is 9.38 Å². The number of rotatable bonds is 0. The van der Waals surface area contributed by atoms with Gasteiger partial charge in [0.25, 0.3) is 0 Å². The van der Waals surface area contributed by atoms with Gasteiger partial charge in [0.05, 0.1) is 11.8 Å². The molecule has 0 saturated carbocycles. The van der Waals surface area contributed by atoms with E-state index in [9.17, 15) is 0 Å².